The normalized spacial score (nSPS) is 10.5. The Hall–Kier alpha value is -2.88. The fraction of sp³-hybridized carbons (Fsp3) is 0.238. The monoisotopic (exact) mass is 432 g/mol. The Balaban J connectivity index is 0.00000420. The Morgan fingerprint density at radius 2 is 1.93 bits per heavy atom. The van der Waals surface area contributed by atoms with Gasteiger partial charge < -0.3 is 33.7 Å². The van der Waals surface area contributed by atoms with Crippen LogP contribution in [0.4, 0.5) is 22.7 Å². The standard InChI is InChI=1S/C21H24ClN5O.ClH/c1-4-27(5-2)17-7-9-20(14(3)10-17)25-13-15(12-23)21(28)26-16-6-8-19(24)18(22)11-16;/h6-11,13,25H,4-5,24H2,1-3H3,(H,26,28);1H/p-1/b15-13-;. The Kier molecular flexibility index (Phi) is 9.33. The van der Waals surface area contributed by atoms with Gasteiger partial charge in [0.15, 0.2) is 0 Å². The molecule has 1 amide bonds. The van der Waals surface area contributed by atoms with Crippen LogP contribution in [0.15, 0.2) is 48.2 Å². The van der Waals surface area contributed by atoms with Crippen LogP contribution in [0.5, 0.6) is 0 Å². The van der Waals surface area contributed by atoms with Crippen molar-refractivity contribution in [2.75, 3.05) is 34.4 Å². The molecular formula is C21H24Cl2N5O-. The molecule has 0 aromatic heterocycles. The van der Waals surface area contributed by atoms with Crippen LogP contribution in [0.2, 0.25) is 5.02 Å². The van der Waals surface area contributed by atoms with Gasteiger partial charge in [-0.1, -0.05) is 11.6 Å². The molecule has 8 heteroatoms. The zero-order valence-corrected chi connectivity index (χ0v) is 18.1. The van der Waals surface area contributed by atoms with E-state index in [-0.39, 0.29) is 18.0 Å². The smallest absolute Gasteiger partial charge is 0.267 e. The van der Waals surface area contributed by atoms with Crippen LogP contribution in [0.25, 0.3) is 0 Å². The van der Waals surface area contributed by atoms with Gasteiger partial charge in [0.25, 0.3) is 5.91 Å². The van der Waals surface area contributed by atoms with Crippen LogP contribution >= 0.6 is 11.6 Å². The van der Waals surface area contributed by atoms with Crippen molar-refractivity contribution in [2.24, 2.45) is 0 Å². The van der Waals surface area contributed by atoms with E-state index in [1.807, 2.05) is 25.1 Å². The van der Waals surface area contributed by atoms with Crippen LogP contribution in [0, 0.1) is 18.3 Å². The van der Waals surface area contributed by atoms with Gasteiger partial charge in [0.05, 0.1) is 10.7 Å². The van der Waals surface area contributed by atoms with Gasteiger partial charge in [0.1, 0.15) is 11.6 Å². The zero-order chi connectivity index (χ0) is 20.7. The third kappa shape index (κ3) is 6.31. The van der Waals surface area contributed by atoms with Crippen molar-refractivity contribution in [2.45, 2.75) is 20.8 Å². The van der Waals surface area contributed by atoms with E-state index in [4.69, 9.17) is 17.3 Å². The molecule has 0 radical (unpaired) electrons. The molecule has 0 fully saturated rings. The highest BCUT2D eigenvalue weighted by Crippen LogP contribution is 2.24. The summed E-state index contributed by atoms with van der Waals surface area (Å²) in [5.74, 6) is -0.534. The lowest BCUT2D eigenvalue weighted by atomic mass is 10.1. The van der Waals surface area contributed by atoms with Crippen molar-refractivity contribution in [1.82, 2.24) is 0 Å². The van der Waals surface area contributed by atoms with Crippen LogP contribution in [0.1, 0.15) is 19.4 Å². The molecular weight excluding hydrogens is 409 g/mol. The van der Waals surface area contributed by atoms with E-state index in [0.717, 1.165) is 30.0 Å². The summed E-state index contributed by atoms with van der Waals surface area (Å²) in [6, 6.07) is 12.7. The molecule has 2 aromatic carbocycles. The first kappa shape index (κ1) is 24.2. The summed E-state index contributed by atoms with van der Waals surface area (Å²) >= 11 is 5.95. The number of nitrogen functional groups attached to an aromatic ring is 1. The molecule has 0 heterocycles. The number of carbonyl (C=O) groups is 1. The van der Waals surface area contributed by atoms with E-state index >= 15 is 0 Å². The number of hydrogen-bond acceptors (Lipinski definition) is 5. The number of benzene rings is 2. The molecule has 154 valence electrons. The van der Waals surface area contributed by atoms with E-state index in [1.165, 1.54) is 12.3 Å². The molecule has 2 rings (SSSR count). The quantitative estimate of drug-likeness (QED) is 0.350. The van der Waals surface area contributed by atoms with Gasteiger partial charge >= 0.3 is 0 Å². The van der Waals surface area contributed by atoms with Crippen LogP contribution in [0.3, 0.4) is 0 Å². The second-order valence-corrected chi connectivity index (χ2v) is 6.58. The minimum absolute atomic E-state index is 0. The van der Waals surface area contributed by atoms with Gasteiger partial charge in [-0.3, -0.25) is 4.79 Å². The average molecular weight is 433 g/mol. The molecule has 0 aliphatic rings. The second kappa shape index (κ2) is 11.2. The topological polar surface area (TPSA) is 94.2 Å². The number of nitrogens with two attached hydrogens (primary N) is 1. The Morgan fingerprint density at radius 1 is 1.24 bits per heavy atom. The zero-order valence-electron chi connectivity index (χ0n) is 16.6. The maximum atomic E-state index is 12.3. The number of nitriles is 1. The van der Waals surface area contributed by atoms with Gasteiger partial charge in [-0.05, 0) is 62.7 Å². The predicted molar refractivity (Wildman–Crippen MR) is 117 cm³/mol. The van der Waals surface area contributed by atoms with Crippen molar-refractivity contribution in [3.63, 3.8) is 0 Å². The van der Waals surface area contributed by atoms with E-state index < -0.39 is 5.91 Å². The summed E-state index contributed by atoms with van der Waals surface area (Å²) < 4.78 is 0. The molecule has 2 aromatic rings. The van der Waals surface area contributed by atoms with Gasteiger partial charge in [0.2, 0.25) is 0 Å². The number of carbonyl (C=O) groups excluding carboxylic acids is 1. The molecule has 6 nitrogen and oxygen atoms in total. The van der Waals surface area contributed by atoms with Crippen molar-refractivity contribution >= 4 is 40.3 Å². The van der Waals surface area contributed by atoms with Gasteiger partial charge in [-0.25, -0.2) is 0 Å². The minimum atomic E-state index is -0.534. The van der Waals surface area contributed by atoms with Gasteiger partial charge in [-0.2, -0.15) is 5.26 Å². The van der Waals surface area contributed by atoms with Crippen LogP contribution < -0.4 is 33.7 Å². The largest absolute Gasteiger partial charge is 1.00 e. The highest BCUT2D eigenvalue weighted by atomic mass is 35.5. The summed E-state index contributed by atoms with van der Waals surface area (Å²) in [6.45, 7) is 8.05. The summed E-state index contributed by atoms with van der Waals surface area (Å²) in [6.07, 6.45) is 1.40. The molecule has 4 N–H and O–H groups in total. The third-order valence-corrected chi connectivity index (χ3v) is 4.66. The molecule has 0 bridgehead atoms. The number of anilines is 4. The van der Waals surface area contributed by atoms with Crippen molar-refractivity contribution in [1.29, 1.82) is 5.26 Å². The SMILES string of the molecule is CCN(CC)c1ccc(N/C=C(/C#N)C(=O)Nc2ccc(N)c(Cl)c2)c(C)c1.[Cl-]. The highest BCUT2D eigenvalue weighted by molar-refractivity contribution is 6.33. The summed E-state index contributed by atoms with van der Waals surface area (Å²) in [4.78, 5) is 14.6. The molecule has 0 spiro atoms. The van der Waals surface area contributed by atoms with Gasteiger partial charge in [-0.15, -0.1) is 0 Å². The van der Waals surface area contributed by atoms with Crippen LogP contribution in [-0.2, 0) is 4.79 Å². The predicted octanol–water partition coefficient (Wildman–Crippen LogP) is 1.54. The fourth-order valence-corrected chi connectivity index (χ4v) is 2.88. The molecule has 0 saturated carbocycles. The molecule has 0 aliphatic carbocycles. The van der Waals surface area contributed by atoms with Crippen LogP contribution in [-0.4, -0.2) is 19.0 Å². The van der Waals surface area contributed by atoms with Crippen molar-refractivity contribution < 1.29 is 17.2 Å². The summed E-state index contributed by atoms with van der Waals surface area (Å²) in [7, 11) is 0. The van der Waals surface area contributed by atoms with E-state index in [1.54, 1.807) is 12.1 Å². The Labute approximate surface area is 182 Å². The molecule has 0 unspecified atom stereocenters. The lowest BCUT2D eigenvalue weighted by molar-refractivity contribution is -0.112. The lowest BCUT2D eigenvalue weighted by Crippen LogP contribution is -3.00. The average Bonchev–Trinajstić information content (AvgIpc) is 2.67. The summed E-state index contributed by atoms with van der Waals surface area (Å²) in [5.41, 5.74) is 9.46. The molecule has 0 atom stereocenters. The number of rotatable bonds is 7. The van der Waals surface area contributed by atoms with Crippen molar-refractivity contribution in [3.05, 3.63) is 58.8 Å². The molecule has 0 saturated heterocycles. The number of amides is 1. The first-order chi connectivity index (χ1) is 13.4. The van der Waals surface area contributed by atoms with E-state index in [0.29, 0.717) is 16.4 Å². The van der Waals surface area contributed by atoms with E-state index in [2.05, 4.69) is 35.4 Å². The maximum absolute atomic E-state index is 12.3. The third-order valence-electron chi connectivity index (χ3n) is 4.33. The molecule has 0 aliphatic heterocycles. The maximum Gasteiger partial charge on any atom is 0.267 e. The number of nitrogens with one attached hydrogen (secondary N) is 2. The van der Waals surface area contributed by atoms with E-state index in [9.17, 15) is 10.1 Å². The first-order valence-electron chi connectivity index (χ1n) is 8.98. The minimum Gasteiger partial charge on any atom is -1.00 e. The Morgan fingerprint density at radius 3 is 2.48 bits per heavy atom. The number of nitrogens with zero attached hydrogens (tertiary/aromatic N) is 2. The second-order valence-electron chi connectivity index (χ2n) is 6.18. The Bertz CT molecular complexity index is 933. The number of aryl methyl sites for hydroxylation is 1. The van der Waals surface area contributed by atoms with Crippen molar-refractivity contribution in [3.8, 4) is 6.07 Å². The lowest BCUT2D eigenvalue weighted by Gasteiger charge is -2.22. The summed E-state index contributed by atoms with van der Waals surface area (Å²) in [5, 5.41) is 15.3. The first-order valence-corrected chi connectivity index (χ1v) is 9.36. The van der Waals surface area contributed by atoms with Gasteiger partial charge in [0, 0.05) is 36.4 Å². The molecule has 29 heavy (non-hydrogen) atoms. The highest BCUT2D eigenvalue weighted by Gasteiger charge is 2.11. The number of halogens is 2. The fourth-order valence-electron chi connectivity index (χ4n) is 2.70. The number of hydrogen-bond donors (Lipinski definition) is 3.